The van der Waals surface area contributed by atoms with Gasteiger partial charge in [-0.1, -0.05) is 19.8 Å². The van der Waals surface area contributed by atoms with Gasteiger partial charge in [0.2, 0.25) is 0 Å². The number of aryl methyl sites for hydroxylation is 1. The van der Waals surface area contributed by atoms with E-state index in [0.29, 0.717) is 0 Å². The summed E-state index contributed by atoms with van der Waals surface area (Å²) >= 11 is 0. The predicted octanol–water partition coefficient (Wildman–Crippen LogP) is 3.53. The summed E-state index contributed by atoms with van der Waals surface area (Å²) < 4.78 is 0. The van der Waals surface area contributed by atoms with Gasteiger partial charge in [0.25, 0.3) is 0 Å². The molecule has 1 aliphatic rings. The first kappa shape index (κ1) is 10.7. The Kier molecular flexibility index (Phi) is 2.79. The molecule has 0 saturated carbocycles. The van der Waals surface area contributed by atoms with E-state index in [9.17, 15) is 0 Å². The van der Waals surface area contributed by atoms with Crippen LogP contribution in [0.3, 0.4) is 0 Å². The van der Waals surface area contributed by atoms with Crippen LogP contribution in [-0.2, 0) is 12.8 Å². The van der Waals surface area contributed by atoms with Crippen molar-refractivity contribution in [1.29, 1.82) is 0 Å². The van der Waals surface area contributed by atoms with Gasteiger partial charge in [0.1, 0.15) is 0 Å². The maximum absolute atomic E-state index is 4.74. The van der Waals surface area contributed by atoms with Crippen LogP contribution >= 0.6 is 0 Å². The summed E-state index contributed by atoms with van der Waals surface area (Å²) in [5.41, 5.74) is 3.64. The summed E-state index contributed by atoms with van der Waals surface area (Å²) in [5, 5.41) is 1.18. The number of aromatic nitrogens is 2. The van der Waals surface area contributed by atoms with Crippen molar-refractivity contribution < 1.29 is 0 Å². The number of hydrogen-bond acceptors (Lipinski definition) is 2. The normalized spacial score (nSPS) is 19.2. The molecule has 1 unspecified atom stereocenters. The highest BCUT2D eigenvalue weighted by atomic mass is 14.8. The number of rotatable bonds is 2. The average molecular weight is 226 g/mol. The fourth-order valence-electron chi connectivity index (χ4n) is 2.87. The Morgan fingerprint density at radius 3 is 3.24 bits per heavy atom. The molecule has 0 amide bonds. The molecule has 1 aliphatic carbocycles. The van der Waals surface area contributed by atoms with Gasteiger partial charge >= 0.3 is 0 Å². The van der Waals surface area contributed by atoms with Crippen molar-refractivity contribution in [2.75, 3.05) is 0 Å². The van der Waals surface area contributed by atoms with Crippen LogP contribution in [0.1, 0.15) is 37.4 Å². The summed E-state index contributed by atoms with van der Waals surface area (Å²) in [6.07, 6.45) is 8.11. The Balaban J connectivity index is 1.99. The molecular weight excluding hydrogens is 208 g/mol. The summed E-state index contributed by atoms with van der Waals surface area (Å²) in [6, 6.07) is 6.37. The molecule has 2 aromatic rings. The largest absolute Gasteiger partial charge is 0.237 e. The van der Waals surface area contributed by atoms with Crippen LogP contribution in [-0.4, -0.2) is 9.97 Å². The van der Waals surface area contributed by atoms with Crippen molar-refractivity contribution in [2.24, 2.45) is 5.92 Å². The first-order valence-electron chi connectivity index (χ1n) is 6.60. The number of hydrogen-bond donors (Lipinski definition) is 0. The van der Waals surface area contributed by atoms with Crippen molar-refractivity contribution >= 4 is 11.0 Å². The van der Waals surface area contributed by atoms with Gasteiger partial charge in [-0.3, -0.25) is 0 Å². The molecule has 1 atom stereocenters. The topological polar surface area (TPSA) is 25.8 Å². The van der Waals surface area contributed by atoms with Crippen LogP contribution in [0.5, 0.6) is 0 Å². The first-order chi connectivity index (χ1) is 8.36. The number of pyridine rings is 2. The third kappa shape index (κ3) is 2.04. The second kappa shape index (κ2) is 4.44. The SMILES string of the molecule is CCCC1CCc2cc3cccnc3nc2C1. The average Bonchev–Trinajstić information content (AvgIpc) is 2.36. The van der Waals surface area contributed by atoms with E-state index < -0.39 is 0 Å². The van der Waals surface area contributed by atoms with Gasteiger partial charge in [0.05, 0.1) is 0 Å². The fraction of sp³-hybridized carbons (Fsp3) is 0.467. The first-order valence-corrected chi connectivity index (χ1v) is 6.60. The van der Waals surface area contributed by atoms with Gasteiger partial charge in [-0.15, -0.1) is 0 Å². The van der Waals surface area contributed by atoms with E-state index in [4.69, 9.17) is 4.98 Å². The molecule has 17 heavy (non-hydrogen) atoms. The molecule has 0 radical (unpaired) electrons. The Bertz CT molecular complexity index is 533. The quantitative estimate of drug-likeness (QED) is 0.782. The monoisotopic (exact) mass is 226 g/mol. The lowest BCUT2D eigenvalue weighted by Gasteiger charge is -2.23. The van der Waals surface area contributed by atoms with E-state index in [-0.39, 0.29) is 0 Å². The molecule has 2 nitrogen and oxygen atoms in total. The van der Waals surface area contributed by atoms with Gasteiger partial charge in [-0.25, -0.2) is 9.97 Å². The van der Waals surface area contributed by atoms with Crippen LogP contribution in [0.15, 0.2) is 24.4 Å². The molecule has 0 saturated heterocycles. The van der Waals surface area contributed by atoms with E-state index in [0.717, 1.165) is 18.0 Å². The van der Waals surface area contributed by atoms with E-state index in [2.05, 4.69) is 24.0 Å². The summed E-state index contributed by atoms with van der Waals surface area (Å²) in [4.78, 5) is 9.09. The van der Waals surface area contributed by atoms with Crippen LogP contribution in [0.25, 0.3) is 11.0 Å². The highest BCUT2D eigenvalue weighted by molar-refractivity contribution is 5.75. The maximum Gasteiger partial charge on any atom is 0.159 e. The van der Waals surface area contributed by atoms with Gasteiger partial charge < -0.3 is 0 Å². The maximum atomic E-state index is 4.74. The predicted molar refractivity (Wildman–Crippen MR) is 70.0 cm³/mol. The summed E-state index contributed by atoms with van der Waals surface area (Å²) in [5.74, 6) is 0.834. The second-order valence-corrected chi connectivity index (χ2v) is 5.04. The van der Waals surface area contributed by atoms with Gasteiger partial charge in [-0.05, 0) is 48.9 Å². The molecule has 2 heteroatoms. The number of nitrogens with zero attached hydrogens (tertiary/aromatic N) is 2. The smallest absolute Gasteiger partial charge is 0.159 e. The molecule has 88 valence electrons. The molecule has 3 rings (SSSR count). The molecular formula is C15H18N2. The van der Waals surface area contributed by atoms with E-state index in [1.54, 1.807) is 0 Å². The van der Waals surface area contributed by atoms with Crippen molar-refractivity contribution in [3.63, 3.8) is 0 Å². The lowest BCUT2D eigenvalue weighted by molar-refractivity contribution is 0.417. The minimum absolute atomic E-state index is 0.834. The van der Waals surface area contributed by atoms with Crippen molar-refractivity contribution in [3.8, 4) is 0 Å². The van der Waals surface area contributed by atoms with Crippen LogP contribution in [0.2, 0.25) is 0 Å². The molecule has 0 aromatic carbocycles. The zero-order chi connectivity index (χ0) is 11.7. The number of fused-ring (bicyclic) bond motifs is 2. The van der Waals surface area contributed by atoms with Gasteiger partial charge in [0, 0.05) is 17.3 Å². The van der Waals surface area contributed by atoms with Crippen molar-refractivity contribution in [3.05, 3.63) is 35.7 Å². The van der Waals surface area contributed by atoms with Gasteiger partial charge in [-0.2, -0.15) is 0 Å². The molecule has 0 spiro atoms. The van der Waals surface area contributed by atoms with Crippen LogP contribution in [0.4, 0.5) is 0 Å². The Labute approximate surface area is 102 Å². The third-order valence-electron chi connectivity index (χ3n) is 3.76. The summed E-state index contributed by atoms with van der Waals surface area (Å²) in [7, 11) is 0. The molecule has 0 aliphatic heterocycles. The second-order valence-electron chi connectivity index (χ2n) is 5.04. The van der Waals surface area contributed by atoms with Crippen LogP contribution in [0, 0.1) is 5.92 Å². The molecule has 2 aromatic heterocycles. The minimum atomic E-state index is 0.834. The summed E-state index contributed by atoms with van der Waals surface area (Å²) in [6.45, 7) is 2.27. The lowest BCUT2D eigenvalue weighted by Crippen LogP contribution is -2.15. The Morgan fingerprint density at radius 1 is 1.41 bits per heavy atom. The molecule has 2 heterocycles. The molecule has 0 bridgehead atoms. The Morgan fingerprint density at radius 2 is 2.35 bits per heavy atom. The molecule has 0 N–H and O–H groups in total. The van der Waals surface area contributed by atoms with Crippen LogP contribution < -0.4 is 0 Å². The van der Waals surface area contributed by atoms with Crippen molar-refractivity contribution in [2.45, 2.75) is 39.0 Å². The Hall–Kier alpha value is -1.44. The van der Waals surface area contributed by atoms with Gasteiger partial charge in [0.15, 0.2) is 5.65 Å². The zero-order valence-corrected chi connectivity index (χ0v) is 10.3. The standard InChI is InChI=1S/C15H18N2/c1-2-4-11-6-7-12-10-13-5-3-8-16-15(13)17-14(12)9-11/h3,5,8,10-11H,2,4,6-7,9H2,1H3. The molecule has 0 fully saturated rings. The minimum Gasteiger partial charge on any atom is -0.237 e. The van der Waals surface area contributed by atoms with Crippen molar-refractivity contribution in [1.82, 2.24) is 9.97 Å². The fourth-order valence-corrected chi connectivity index (χ4v) is 2.87. The highest BCUT2D eigenvalue weighted by Gasteiger charge is 2.19. The lowest BCUT2D eigenvalue weighted by atomic mass is 9.84. The third-order valence-corrected chi connectivity index (χ3v) is 3.76. The van der Waals surface area contributed by atoms with E-state index in [1.165, 1.54) is 42.3 Å². The zero-order valence-electron chi connectivity index (χ0n) is 10.3. The van der Waals surface area contributed by atoms with E-state index in [1.807, 2.05) is 12.3 Å². The van der Waals surface area contributed by atoms with E-state index >= 15 is 0 Å². The highest BCUT2D eigenvalue weighted by Crippen LogP contribution is 2.28.